The molecule has 1 fully saturated rings. The van der Waals surface area contributed by atoms with Gasteiger partial charge in [-0.25, -0.2) is 4.79 Å². The summed E-state index contributed by atoms with van der Waals surface area (Å²) in [5, 5.41) is 8.80. The van der Waals surface area contributed by atoms with Crippen molar-refractivity contribution in [2.45, 2.75) is 58.2 Å². The lowest BCUT2D eigenvalue weighted by atomic mass is 10.00. The fraction of sp³-hybridized carbons (Fsp3) is 0.929. The van der Waals surface area contributed by atoms with E-state index in [9.17, 15) is 4.79 Å². The second-order valence-electron chi connectivity index (χ2n) is 6.11. The van der Waals surface area contributed by atoms with Gasteiger partial charge in [0.1, 0.15) is 5.60 Å². The van der Waals surface area contributed by atoms with Crippen LogP contribution in [0.3, 0.4) is 0 Å². The number of aliphatic hydroxyl groups excluding tert-OH is 1. The number of hydrogen-bond acceptors (Lipinski definition) is 4. The van der Waals surface area contributed by atoms with Crippen LogP contribution in [0.2, 0.25) is 0 Å². The van der Waals surface area contributed by atoms with Crippen molar-refractivity contribution < 1.29 is 19.4 Å². The molecule has 0 bridgehead atoms. The SMILES string of the molecule is CCC1(OCCCO)CCN(C(=O)OC(C)(C)C)C1. The van der Waals surface area contributed by atoms with Crippen LogP contribution in [0.25, 0.3) is 0 Å². The van der Waals surface area contributed by atoms with Gasteiger partial charge in [0.15, 0.2) is 0 Å². The summed E-state index contributed by atoms with van der Waals surface area (Å²) in [5.74, 6) is 0. The Morgan fingerprint density at radius 3 is 2.63 bits per heavy atom. The third-order valence-electron chi connectivity index (χ3n) is 3.32. The summed E-state index contributed by atoms with van der Waals surface area (Å²) in [6, 6.07) is 0. The van der Waals surface area contributed by atoms with Gasteiger partial charge in [-0.1, -0.05) is 6.92 Å². The first-order chi connectivity index (χ1) is 8.82. The van der Waals surface area contributed by atoms with Gasteiger partial charge in [-0.05, 0) is 40.0 Å². The number of likely N-dealkylation sites (tertiary alicyclic amines) is 1. The number of ether oxygens (including phenoxy) is 2. The zero-order chi connectivity index (χ0) is 14.5. The van der Waals surface area contributed by atoms with Crippen molar-refractivity contribution in [3.63, 3.8) is 0 Å². The minimum absolute atomic E-state index is 0.134. The number of aliphatic hydroxyl groups is 1. The first-order valence-electron chi connectivity index (χ1n) is 7.05. The predicted molar refractivity (Wildman–Crippen MR) is 73.1 cm³/mol. The highest BCUT2D eigenvalue weighted by atomic mass is 16.6. The number of rotatable bonds is 5. The minimum atomic E-state index is -0.466. The van der Waals surface area contributed by atoms with Crippen molar-refractivity contribution in [2.75, 3.05) is 26.3 Å². The van der Waals surface area contributed by atoms with E-state index < -0.39 is 5.60 Å². The van der Waals surface area contributed by atoms with Crippen LogP contribution in [0, 0.1) is 0 Å². The van der Waals surface area contributed by atoms with Crippen molar-refractivity contribution in [3.05, 3.63) is 0 Å². The Morgan fingerprint density at radius 2 is 2.11 bits per heavy atom. The molecule has 0 aromatic rings. The lowest BCUT2D eigenvalue weighted by Gasteiger charge is -2.29. The maximum Gasteiger partial charge on any atom is 0.410 e. The molecule has 0 aromatic carbocycles. The molecule has 5 heteroatoms. The topological polar surface area (TPSA) is 59.0 Å². The largest absolute Gasteiger partial charge is 0.444 e. The molecule has 5 nitrogen and oxygen atoms in total. The number of carbonyl (C=O) groups is 1. The van der Waals surface area contributed by atoms with Gasteiger partial charge in [0.2, 0.25) is 0 Å². The van der Waals surface area contributed by atoms with Crippen LogP contribution in [0.15, 0.2) is 0 Å². The van der Waals surface area contributed by atoms with Gasteiger partial charge >= 0.3 is 6.09 Å². The fourth-order valence-electron chi connectivity index (χ4n) is 2.19. The molecule has 112 valence electrons. The van der Waals surface area contributed by atoms with E-state index in [0.717, 1.165) is 12.8 Å². The van der Waals surface area contributed by atoms with Gasteiger partial charge in [0.05, 0.1) is 12.1 Å². The van der Waals surface area contributed by atoms with Crippen LogP contribution >= 0.6 is 0 Å². The maximum absolute atomic E-state index is 12.0. The van der Waals surface area contributed by atoms with Crippen molar-refractivity contribution in [3.8, 4) is 0 Å². The summed E-state index contributed by atoms with van der Waals surface area (Å²) in [6.07, 6.45) is 2.05. The monoisotopic (exact) mass is 273 g/mol. The Kier molecular flexibility index (Phi) is 5.62. The van der Waals surface area contributed by atoms with E-state index in [1.165, 1.54) is 0 Å². The fourth-order valence-corrected chi connectivity index (χ4v) is 2.19. The van der Waals surface area contributed by atoms with E-state index in [-0.39, 0.29) is 18.3 Å². The smallest absolute Gasteiger partial charge is 0.410 e. The van der Waals surface area contributed by atoms with Gasteiger partial charge in [-0.3, -0.25) is 0 Å². The lowest BCUT2D eigenvalue weighted by Crippen LogP contribution is -2.40. The van der Waals surface area contributed by atoms with Crippen LogP contribution < -0.4 is 0 Å². The Morgan fingerprint density at radius 1 is 1.42 bits per heavy atom. The Labute approximate surface area is 115 Å². The minimum Gasteiger partial charge on any atom is -0.444 e. The molecule has 1 unspecified atom stereocenters. The second-order valence-corrected chi connectivity index (χ2v) is 6.11. The molecule has 1 amide bonds. The van der Waals surface area contributed by atoms with E-state index in [4.69, 9.17) is 14.6 Å². The third-order valence-corrected chi connectivity index (χ3v) is 3.32. The van der Waals surface area contributed by atoms with Crippen molar-refractivity contribution in [2.24, 2.45) is 0 Å². The van der Waals surface area contributed by atoms with Crippen LogP contribution in [0.5, 0.6) is 0 Å². The number of hydrogen-bond donors (Lipinski definition) is 1. The summed E-state index contributed by atoms with van der Waals surface area (Å²) in [4.78, 5) is 13.7. The molecule has 0 aliphatic carbocycles. The highest BCUT2D eigenvalue weighted by molar-refractivity contribution is 5.68. The van der Waals surface area contributed by atoms with Gasteiger partial charge < -0.3 is 19.5 Å². The Hall–Kier alpha value is -0.810. The summed E-state index contributed by atoms with van der Waals surface area (Å²) >= 11 is 0. The molecule has 19 heavy (non-hydrogen) atoms. The van der Waals surface area contributed by atoms with Gasteiger partial charge in [-0.15, -0.1) is 0 Å². The van der Waals surface area contributed by atoms with E-state index in [0.29, 0.717) is 26.1 Å². The summed E-state index contributed by atoms with van der Waals surface area (Å²) < 4.78 is 11.3. The molecule has 0 saturated carbocycles. The van der Waals surface area contributed by atoms with Crippen LogP contribution in [-0.2, 0) is 9.47 Å². The van der Waals surface area contributed by atoms with E-state index in [1.807, 2.05) is 20.8 Å². The average Bonchev–Trinajstić information content (AvgIpc) is 2.73. The molecule has 1 aliphatic heterocycles. The quantitative estimate of drug-likeness (QED) is 0.780. The van der Waals surface area contributed by atoms with Gasteiger partial charge in [0, 0.05) is 19.8 Å². The molecule has 0 radical (unpaired) electrons. The summed E-state index contributed by atoms with van der Waals surface area (Å²) in [6.45, 7) is 9.58. The average molecular weight is 273 g/mol. The molecule has 1 rings (SSSR count). The number of nitrogens with zero attached hydrogens (tertiary/aromatic N) is 1. The number of amides is 1. The van der Waals surface area contributed by atoms with Crippen molar-refractivity contribution in [1.29, 1.82) is 0 Å². The predicted octanol–water partition coefficient (Wildman–Crippen LogP) is 2.17. The van der Waals surface area contributed by atoms with Crippen LogP contribution in [0.1, 0.15) is 47.0 Å². The Balaban J connectivity index is 2.52. The molecule has 1 N–H and O–H groups in total. The molecule has 1 saturated heterocycles. The van der Waals surface area contributed by atoms with Crippen molar-refractivity contribution in [1.82, 2.24) is 4.90 Å². The Bertz CT molecular complexity index is 300. The standard InChI is InChI=1S/C14H27NO4/c1-5-14(18-10-6-9-16)7-8-15(11-14)12(17)19-13(2,3)4/h16H,5-11H2,1-4H3. The van der Waals surface area contributed by atoms with Crippen molar-refractivity contribution >= 4 is 6.09 Å². The molecule has 0 spiro atoms. The second kappa shape index (κ2) is 6.57. The summed E-state index contributed by atoms with van der Waals surface area (Å²) in [5.41, 5.74) is -0.738. The first-order valence-corrected chi connectivity index (χ1v) is 7.05. The van der Waals surface area contributed by atoms with E-state index >= 15 is 0 Å². The van der Waals surface area contributed by atoms with Gasteiger partial charge in [0.25, 0.3) is 0 Å². The van der Waals surface area contributed by atoms with E-state index in [2.05, 4.69) is 6.92 Å². The van der Waals surface area contributed by atoms with Crippen LogP contribution in [0.4, 0.5) is 4.79 Å². The molecular weight excluding hydrogens is 246 g/mol. The highest BCUT2D eigenvalue weighted by Gasteiger charge is 2.40. The molecular formula is C14H27NO4. The molecule has 1 atom stereocenters. The third kappa shape index (κ3) is 4.99. The number of carbonyl (C=O) groups excluding carboxylic acids is 1. The molecule has 1 aliphatic rings. The van der Waals surface area contributed by atoms with Gasteiger partial charge in [-0.2, -0.15) is 0 Å². The molecule has 1 heterocycles. The highest BCUT2D eigenvalue weighted by Crippen LogP contribution is 2.30. The zero-order valence-corrected chi connectivity index (χ0v) is 12.6. The lowest BCUT2D eigenvalue weighted by molar-refractivity contribution is -0.0464. The van der Waals surface area contributed by atoms with E-state index in [1.54, 1.807) is 4.90 Å². The normalized spacial score (nSPS) is 23.7. The zero-order valence-electron chi connectivity index (χ0n) is 12.6. The maximum atomic E-state index is 12.0. The summed E-state index contributed by atoms with van der Waals surface area (Å²) in [7, 11) is 0. The van der Waals surface area contributed by atoms with Crippen LogP contribution in [-0.4, -0.2) is 53.6 Å². The molecule has 0 aromatic heterocycles. The first kappa shape index (κ1) is 16.2.